The topological polar surface area (TPSA) is 89.5 Å². The van der Waals surface area contributed by atoms with E-state index in [1.165, 1.54) is 49.3 Å². The normalized spacial score (nSPS) is 14.4. The second-order valence-electron chi connectivity index (χ2n) is 8.49. The molecule has 0 rings (SSSR count). The molecule has 0 unspecified atom stereocenters. The molecule has 0 aliphatic heterocycles. The zero-order valence-electron chi connectivity index (χ0n) is 18.6. The quantitative estimate of drug-likeness (QED) is 0.142. The number of hydrogen-bond donors (Lipinski definition) is 1. The van der Waals surface area contributed by atoms with E-state index in [-0.39, 0.29) is 6.42 Å². The summed E-state index contributed by atoms with van der Waals surface area (Å²) in [7, 11) is -2.11. The van der Waals surface area contributed by atoms with E-state index >= 15 is 0 Å². The average molecular weight is 535 g/mol. The predicted molar refractivity (Wildman–Crippen MR) is 113 cm³/mol. The number of carbonyl (C=O) groups excluding carboxylic acids is 1. The molecule has 6 nitrogen and oxygen atoms in total. The number of nitrogens with zero attached hydrogens (tertiary/aromatic N) is 1. The van der Waals surface area contributed by atoms with Crippen LogP contribution in [-0.4, -0.2) is 57.5 Å². The maximum absolute atomic E-state index is 12.5. The third-order valence-corrected chi connectivity index (χ3v) is 9.95. The summed E-state index contributed by atoms with van der Waals surface area (Å²) in [5.41, 5.74) is 0. The number of unbranched alkanes of at least 4 members (excludes halogenated alkanes) is 9. The molecule has 172 valence electrons. The van der Waals surface area contributed by atoms with Crippen LogP contribution in [0.1, 0.15) is 77.6 Å². The van der Waals surface area contributed by atoms with Crippen molar-refractivity contribution in [3.8, 4) is 0 Å². The molecule has 0 aliphatic rings. The Morgan fingerprint density at radius 1 is 0.964 bits per heavy atom. The zero-order valence-corrected chi connectivity index (χ0v) is 21.6. The van der Waals surface area contributed by atoms with Gasteiger partial charge in [0.25, 0.3) is 0 Å². The van der Waals surface area contributed by atoms with Gasteiger partial charge in [0.1, 0.15) is 0 Å². The second-order valence-corrected chi connectivity index (χ2v) is 22.2. The number of carbonyl (C=O) groups is 1. The molecule has 0 saturated heterocycles. The minimum atomic E-state index is -3.67. The van der Waals surface area contributed by atoms with Crippen molar-refractivity contribution < 1.29 is 36.8 Å². The van der Waals surface area contributed by atoms with Crippen LogP contribution in [0.3, 0.4) is 0 Å². The number of halogens is 1. The minimum absolute atomic E-state index is 0.272. The van der Waals surface area contributed by atoms with Crippen molar-refractivity contribution in [2.45, 2.75) is 83.6 Å². The van der Waals surface area contributed by atoms with Gasteiger partial charge in [-0.3, -0.25) is 0 Å². The van der Waals surface area contributed by atoms with Crippen LogP contribution < -0.4 is 28.3 Å². The van der Waals surface area contributed by atoms with Crippen molar-refractivity contribution in [3.63, 3.8) is 0 Å². The third kappa shape index (κ3) is 15.9. The van der Waals surface area contributed by atoms with Gasteiger partial charge in [-0.25, -0.2) is 0 Å². The van der Waals surface area contributed by atoms with Crippen LogP contribution in [0.15, 0.2) is 0 Å². The van der Waals surface area contributed by atoms with E-state index in [0.717, 1.165) is 19.3 Å². The molecule has 0 spiro atoms. The number of hydrogen-bond acceptors (Lipinski definition) is 4. The summed E-state index contributed by atoms with van der Waals surface area (Å²) in [6, 6.07) is -0.582. The van der Waals surface area contributed by atoms with E-state index in [4.69, 9.17) is 0 Å². The number of nitrogens with one attached hydrogen (secondary N) is 1. The molecule has 0 aromatic rings. The molecule has 28 heavy (non-hydrogen) atoms. The molecule has 0 radical (unpaired) electrons. The Morgan fingerprint density at radius 3 is 1.86 bits per heavy atom. The maximum atomic E-state index is 12.5. The fraction of sp³-hybridized carbons (Fsp3) is 0.950. The summed E-state index contributed by atoms with van der Waals surface area (Å²) in [5, 5.41) is 11.0. The summed E-state index contributed by atoms with van der Waals surface area (Å²) >= 11 is -2.04. The Bertz CT molecular complexity index is 521. The number of carboxylic acid groups (broad SMARTS) is 1. The van der Waals surface area contributed by atoms with Crippen LogP contribution in [0.4, 0.5) is 0 Å². The van der Waals surface area contributed by atoms with Crippen molar-refractivity contribution in [2.75, 3.05) is 32.8 Å². The summed E-state index contributed by atoms with van der Waals surface area (Å²) < 4.78 is 29.6. The Kier molecular flexibility index (Phi) is 15.0. The first kappa shape index (κ1) is 28.1. The van der Waals surface area contributed by atoms with Gasteiger partial charge in [-0.05, 0) is 0 Å². The molecule has 0 fully saturated rings. The van der Waals surface area contributed by atoms with Gasteiger partial charge in [0.15, 0.2) is 0 Å². The van der Waals surface area contributed by atoms with Crippen LogP contribution in [0.2, 0.25) is 0 Å². The van der Waals surface area contributed by atoms with Crippen LogP contribution in [0.25, 0.3) is 0 Å². The molecule has 1 N–H and O–H groups in total. The predicted octanol–water partition coefficient (Wildman–Crippen LogP) is -0.768. The van der Waals surface area contributed by atoms with E-state index in [9.17, 15) is 18.3 Å². The molecule has 0 aromatic heterocycles. The van der Waals surface area contributed by atoms with Gasteiger partial charge in [0, 0.05) is 0 Å². The van der Waals surface area contributed by atoms with Gasteiger partial charge in [0.2, 0.25) is 0 Å². The summed E-state index contributed by atoms with van der Waals surface area (Å²) in [4.78, 5) is 17.4. The molecule has 0 heterocycles. The molecule has 0 aromatic carbocycles. The van der Waals surface area contributed by atoms with Crippen LogP contribution in [0.5, 0.6) is 0 Å². The Balaban J connectivity index is 4.18. The Morgan fingerprint density at radius 2 is 1.43 bits per heavy atom. The third-order valence-electron chi connectivity index (χ3n) is 4.61. The molecule has 0 aliphatic carbocycles. The standard InChI is InChI=1S/C20H44IN2O4S/c1-6-7-8-9-10-11-12-13-14-15-16-23(5)28(26,27)22-19(17-20(24)25)18-21(2,3)4/h19,22H,6-18H2,1-5H3,(H,24,25)/q-1/p-1/t19-/m1/s1. The van der Waals surface area contributed by atoms with Crippen molar-refractivity contribution in [1.29, 1.82) is 0 Å². The van der Waals surface area contributed by atoms with Gasteiger partial charge in [-0.15, -0.1) is 0 Å². The molecule has 0 saturated carbocycles. The first-order chi connectivity index (χ1) is 13.0. The summed E-state index contributed by atoms with van der Waals surface area (Å²) in [6.07, 6.45) is 11.8. The van der Waals surface area contributed by atoms with Gasteiger partial charge in [-0.1, -0.05) is 32.6 Å². The van der Waals surface area contributed by atoms with Crippen LogP contribution in [-0.2, 0) is 15.0 Å². The van der Waals surface area contributed by atoms with Crippen molar-refractivity contribution in [1.82, 2.24) is 9.03 Å². The van der Waals surface area contributed by atoms with E-state index in [1.807, 2.05) is 0 Å². The van der Waals surface area contributed by atoms with Gasteiger partial charge >= 0.3 is 146 Å². The molecule has 1 atom stereocenters. The average Bonchev–Trinajstić information content (AvgIpc) is 2.53. The van der Waals surface area contributed by atoms with Gasteiger partial charge < -0.3 is 0 Å². The Hall–Kier alpha value is 0.0700. The van der Waals surface area contributed by atoms with E-state index in [1.54, 1.807) is 7.05 Å². The van der Waals surface area contributed by atoms with Gasteiger partial charge in [0.05, 0.1) is 0 Å². The molecular weight excluding hydrogens is 491 g/mol. The number of rotatable bonds is 18. The fourth-order valence-corrected chi connectivity index (χ4v) is 8.29. The zero-order chi connectivity index (χ0) is 21.6. The first-order valence-electron chi connectivity index (χ1n) is 10.5. The number of aliphatic carboxylic acids is 1. The second kappa shape index (κ2) is 15.0. The van der Waals surface area contributed by atoms with E-state index in [2.05, 4.69) is 26.4 Å². The molecular formula is C20H43IN2O4S-2. The SMILES string of the molecule is CCCCCCCCCCCCN(C)S(=O)(=O)N[C@H](CC(=O)[O-])C[I-](C)(C)C. The number of alkyl halides is 4. The molecule has 8 heteroatoms. The van der Waals surface area contributed by atoms with Gasteiger partial charge in [-0.2, -0.15) is 0 Å². The Labute approximate surface area is 177 Å². The number of carboxylic acids is 1. The summed E-state index contributed by atoms with van der Waals surface area (Å²) in [5.74, 6) is -1.21. The van der Waals surface area contributed by atoms with Crippen LogP contribution >= 0.6 is 0 Å². The molecule has 0 bridgehead atoms. The first-order valence-corrected chi connectivity index (χ1v) is 19.9. The fourth-order valence-electron chi connectivity index (χ4n) is 3.13. The monoisotopic (exact) mass is 534 g/mol. The van der Waals surface area contributed by atoms with E-state index in [0.29, 0.717) is 11.0 Å². The molecule has 0 amide bonds. The van der Waals surface area contributed by atoms with Crippen LogP contribution in [0, 0.1) is 0 Å². The van der Waals surface area contributed by atoms with Crippen molar-refractivity contribution in [2.24, 2.45) is 0 Å². The van der Waals surface area contributed by atoms with Crippen molar-refractivity contribution in [3.05, 3.63) is 0 Å². The van der Waals surface area contributed by atoms with E-state index < -0.39 is 40.7 Å². The van der Waals surface area contributed by atoms with Crippen molar-refractivity contribution >= 4 is 16.2 Å². The summed E-state index contributed by atoms with van der Waals surface area (Å²) in [6.45, 7) is 2.68.